The van der Waals surface area contributed by atoms with Crippen molar-refractivity contribution in [2.45, 2.75) is 58.3 Å². The molecule has 4 heterocycles. The lowest BCUT2D eigenvalue weighted by atomic mass is 9.87. The summed E-state index contributed by atoms with van der Waals surface area (Å²) in [5, 5.41) is 0. The van der Waals surface area contributed by atoms with Gasteiger partial charge in [-0.25, -0.2) is 9.97 Å². The molecule has 1 saturated heterocycles. The fourth-order valence-corrected chi connectivity index (χ4v) is 4.94. The molecule has 3 aliphatic rings. The molecule has 31 heavy (non-hydrogen) atoms. The SMILES string of the molecule is Cc1nc2c(c3c1CCCC3)CN(C(=O)CC1CN(c3ncc(C(F)(F)F)cn3)C1)C2. The zero-order chi connectivity index (χ0) is 21.8. The number of alkyl halides is 3. The van der Waals surface area contributed by atoms with Crippen LogP contribution in [0.1, 0.15) is 52.9 Å². The second-order valence-electron chi connectivity index (χ2n) is 8.78. The highest BCUT2D eigenvalue weighted by Crippen LogP contribution is 2.34. The fourth-order valence-electron chi connectivity index (χ4n) is 4.94. The van der Waals surface area contributed by atoms with Crippen LogP contribution >= 0.6 is 0 Å². The largest absolute Gasteiger partial charge is 0.419 e. The smallest absolute Gasteiger partial charge is 0.340 e. The molecule has 0 bridgehead atoms. The molecule has 9 heteroatoms. The van der Waals surface area contributed by atoms with Crippen LogP contribution in [-0.4, -0.2) is 38.8 Å². The topological polar surface area (TPSA) is 62.2 Å². The third-order valence-electron chi connectivity index (χ3n) is 6.63. The van der Waals surface area contributed by atoms with E-state index in [1.165, 1.54) is 29.5 Å². The quantitative estimate of drug-likeness (QED) is 0.745. The molecule has 2 aliphatic heterocycles. The predicted octanol–water partition coefficient (Wildman–Crippen LogP) is 3.45. The number of pyridine rings is 1. The van der Waals surface area contributed by atoms with Gasteiger partial charge in [0.05, 0.1) is 17.8 Å². The Balaban J connectivity index is 1.18. The van der Waals surface area contributed by atoms with E-state index >= 15 is 0 Å². The number of nitrogens with zero attached hydrogens (tertiary/aromatic N) is 5. The number of carbonyl (C=O) groups is 1. The minimum atomic E-state index is -4.44. The van der Waals surface area contributed by atoms with E-state index in [-0.39, 0.29) is 17.8 Å². The minimum Gasteiger partial charge on any atom is -0.340 e. The lowest BCUT2D eigenvalue weighted by Crippen LogP contribution is -2.49. The zero-order valence-corrected chi connectivity index (χ0v) is 17.4. The Hall–Kier alpha value is -2.71. The van der Waals surface area contributed by atoms with Gasteiger partial charge in [-0.2, -0.15) is 13.2 Å². The maximum absolute atomic E-state index is 12.9. The van der Waals surface area contributed by atoms with Gasteiger partial charge in [0.2, 0.25) is 11.9 Å². The molecular weight excluding hydrogens is 407 g/mol. The number of carbonyl (C=O) groups excluding carboxylic acids is 1. The molecule has 164 valence electrons. The molecule has 0 spiro atoms. The van der Waals surface area contributed by atoms with Gasteiger partial charge in [-0.1, -0.05) is 0 Å². The van der Waals surface area contributed by atoms with Crippen molar-refractivity contribution >= 4 is 11.9 Å². The lowest BCUT2D eigenvalue weighted by molar-refractivity contribution is -0.138. The van der Waals surface area contributed by atoms with Gasteiger partial charge < -0.3 is 9.80 Å². The first kappa shape index (κ1) is 20.2. The van der Waals surface area contributed by atoms with Crippen LogP contribution < -0.4 is 4.90 Å². The summed E-state index contributed by atoms with van der Waals surface area (Å²) in [6.45, 7) is 4.43. The number of amides is 1. The number of hydrogen-bond acceptors (Lipinski definition) is 5. The Morgan fingerprint density at radius 3 is 2.42 bits per heavy atom. The van der Waals surface area contributed by atoms with E-state index in [4.69, 9.17) is 4.98 Å². The average Bonchev–Trinajstić information content (AvgIpc) is 3.14. The van der Waals surface area contributed by atoms with E-state index in [1.54, 1.807) is 4.90 Å². The Morgan fingerprint density at radius 2 is 1.74 bits per heavy atom. The Kier molecular flexibility index (Phi) is 4.86. The molecule has 0 radical (unpaired) electrons. The van der Waals surface area contributed by atoms with Crippen molar-refractivity contribution in [1.82, 2.24) is 19.9 Å². The summed E-state index contributed by atoms with van der Waals surface area (Å²) in [5.41, 5.74) is 5.34. The van der Waals surface area contributed by atoms with Gasteiger partial charge in [-0.15, -0.1) is 0 Å². The standard InChI is InChI=1S/C22H24F3N5O/c1-13-16-4-2-3-5-17(16)18-11-29(12-19(18)28-13)20(31)6-14-9-30(10-14)21-26-7-15(8-27-21)22(23,24)25/h7-8,14H,2-6,9-12H2,1H3. The van der Waals surface area contributed by atoms with E-state index in [0.29, 0.717) is 32.6 Å². The van der Waals surface area contributed by atoms with Crippen LogP contribution in [0.15, 0.2) is 12.4 Å². The molecule has 6 nitrogen and oxygen atoms in total. The first-order chi connectivity index (χ1) is 14.8. The summed E-state index contributed by atoms with van der Waals surface area (Å²) in [5.74, 6) is 0.542. The van der Waals surface area contributed by atoms with Gasteiger partial charge in [-0.05, 0) is 49.3 Å². The number of aryl methyl sites for hydroxylation is 1. The molecule has 0 atom stereocenters. The second-order valence-corrected chi connectivity index (χ2v) is 8.78. The van der Waals surface area contributed by atoms with Crippen LogP contribution in [-0.2, 0) is 36.9 Å². The summed E-state index contributed by atoms with van der Waals surface area (Å²) in [7, 11) is 0. The number of anilines is 1. The maximum atomic E-state index is 12.9. The molecule has 0 N–H and O–H groups in total. The van der Waals surface area contributed by atoms with Crippen LogP contribution in [0.2, 0.25) is 0 Å². The summed E-state index contributed by atoms with van der Waals surface area (Å²) in [6, 6.07) is 0. The molecule has 1 fully saturated rings. The Morgan fingerprint density at radius 1 is 1.06 bits per heavy atom. The summed E-state index contributed by atoms with van der Waals surface area (Å²) in [4.78, 5) is 29.0. The van der Waals surface area contributed by atoms with Crippen molar-refractivity contribution < 1.29 is 18.0 Å². The van der Waals surface area contributed by atoms with Crippen LogP contribution in [0.5, 0.6) is 0 Å². The highest BCUT2D eigenvalue weighted by Gasteiger charge is 2.36. The first-order valence-electron chi connectivity index (χ1n) is 10.7. The average molecular weight is 431 g/mol. The van der Waals surface area contributed by atoms with Crippen molar-refractivity contribution in [3.05, 3.63) is 46.0 Å². The molecular formula is C22H24F3N5O. The second kappa shape index (κ2) is 7.46. The van der Waals surface area contributed by atoms with E-state index in [9.17, 15) is 18.0 Å². The van der Waals surface area contributed by atoms with E-state index in [2.05, 4.69) is 16.9 Å². The van der Waals surface area contributed by atoms with Crippen LogP contribution in [0.25, 0.3) is 0 Å². The number of aromatic nitrogens is 3. The number of halogens is 3. The molecule has 0 saturated carbocycles. The molecule has 2 aromatic heterocycles. The molecule has 1 amide bonds. The van der Waals surface area contributed by atoms with Crippen LogP contribution in [0.3, 0.4) is 0 Å². The van der Waals surface area contributed by atoms with Crippen LogP contribution in [0.4, 0.5) is 19.1 Å². The molecule has 5 rings (SSSR count). The third kappa shape index (κ3) is 3.74. The predicted molar refractivity (Wildman–Crippen MR) is 107 cm³/mol. The highest BCUT2D eigenvalue weighted by atomic mass is 19.4. The first-order valence-corrected chi connectivity index (χ1v) is 10.7. The Bertz CT molecular complexity index is 1020. The van der Waals surface area contributed by atoms with Crippen molar-refractivity contribution in [3.63, 3.8) is 0 Å². The van der Waals surface area contributed by atoms with E-state index in [1.807, 2.05) is 4.90 Å². The Labute approximate surface area is 178 Å². The van der Waals surface area contributed by atoms with Gasteiger partial charge in [0.15, 0.2) is 0 Å². The summed E-state index contributed by atoms with van der Waals surface area (Å²) >= 11 is 0. The van der Waals surface area contributed by atoms with Gasteiger partial charge in [0, 0.05) is 50.1 Å². The minimum absolute atomic E-state index is 0.109. The monoisotopic (exact) mass is 431 g/mol. The van der Waals surface area contributed by atoms with Gasteiger partial charge in [0.25, 0.3) is 0 Å². The molecule has 2 aromatic rings. The van der Waals surface area contributed by atoms with Crippen molar-refractivity contribution in [2.75, 3.05) is 18.0 Å². The van der Waals surface area contributed by atoms with Gasteiger partial charge in [0.1, 0.15) is 0 Å². The van der Waals surface area contributed by atoms with Crippen molar-refractivity contribution in [1.29, 1.82) is 0 Å². The maximum Gasteiger partial charge on any atom is 0.419 e. The number of rotatable bonds is 3. The van der Waals surface area contributed by atoms with Gasteiger partial charge in [-0.3, -0.25) is 9.78 Å². The van der Waals surface area contributed by atoms with Gasteiger partial charge >= 0.3 is 6.18 Å². The third-order valence-corrected chi connectivity index (χ3v) is 6.63. The van der Waals surface area contributed by atoms with Crippen molar-refractivity contribution in [2.24, 2.45) is 5.92 Å². The lowest BCUT2D eigenvalue weighted by Gasteiger charge is -2.39. The molecule has 0 aromatic carbocycles. The fraction of sp³-hybridized carbons (Fsp3) is 0.545. The van der Waals surface area contributed by atoms with E-state index in [0.717, 1.165) is 36.6 Å². The highest BCUT2D eigenvalue weighted by molar-refractivity contribution is 5.77. The number of hydrogen-bond donors (Lipinski definition) is 0. The molecule has 0 unspecified atom stereocenters. The summed E-state index contributed by atoms with van der Waals surface area (Å²) in [6.07, 6.45) is 2.15. The van der Waals surface area contributed by atoms with Crippen molar-refractivity contribution in [3.8, 4) is 0 Å². The summed E-state index contributed by atoms with van der Waals surface area (Å²) < 4.78 is 37.9. The molecule has 1 aliphatic carbocycles. The normalized spacial score (nSPS) is 18.6. The van der Waals surface area contributed by atoms with Crippen LogP contribution in [0, 0.1) is 12.8 Å². The number of fused-ring (bicyclic) bond motifs is 3. The zero-order valence-electron chi connectivity index (χ0n) is 17.4. The van der Waals surface area contributed by atoms with E-state index < -0.39 is 11.7 Å².